The fraction of sp³-hybridized carbons (Fsp3) is 0.167. The van der Waals surface area contributed by atoms with Gasteiger partial charge in [-0.2, -0.15) is 5.26 Å². The van der Waals surface area contributed by atoms with E-state index in [1.54, 1.807) is 10.6 Å². The van der Waals surface area contributed by atoms with Crippen LogP contribution in [0.4, 0.5) is 51.8 Å². The number of aromatic nitrogens is 1. The topological polar surface area (TPSA) is 28.7 Å². The SMILES string of the molecule is Cn1cccc1C#N.F[B-](F)(F)F.F[B-](F)(F)F.F[B-](F)(F)F.[K+]. The second kappa shape index (κ2) is 14.0. The molecule has 0 spiro atoms. The molecule has 0 fully saturated rings. The van der Waals surface area contributed by atoms with Crippen LogP contribution in [-0.2, 0) is 7.05 Å². The normalized spacial score (nSPS) is 10.3. The second-order valence-corrected chi connectivity index (χ2v) is 3.10. The zero-order chi connectivity index (χ0) is 19.5. The summed E-state index contributed by atoms with van der Waals surface area (Å²) < 4.78 is 119. The van der Waals surface area contributed by atoms with Crippen LogP contribution in [0.15, 0.2) is 18.3 Å². The van der Waals surface area contributed by atoms with E-state index in [4.69, 9.17) is 5.26 Å². The molecule has 0 aromatic carbocycles. The van der Waals surface area contributed by atoms with E-state index in [-0.39, 0.29) is 51.4 Å². The second-order valence-electron chi connectivity index (χ2n) is 3.10. The first-order valence-corrected chi connectivity index (χ1v) is 4.98. The predicted octanol–water partition coefficient (Wildman–Crippen LogP) is 1.80. The number of hydrogen-bond donors (Lipinski definition) is 0. The molecule has 0 aliphatic rings. The molecule has 24 heavy (non-hydrogen) atoms. The molecule has 0 atom stereocenters. The van der Waals surface area contributed by atoms with Crippen LogP contribution in [0.3, 0.4) is 0 Å². The summed E-state index contributed by atoms with van der Waals surface area (Å²) in [6.07, 6.45) is 1.85. The van der Waals surface area contributed by atoms with Gasteiger partial charge in [-0.05, 0) is 12.1 Å². The Kier molecular flexibility index (Phi) is 18.4. The number of nitrogens with zero attached hydrogens (tertiary/aromatic N) is 2. The summed E-state index contributed by atoms with van der Waals surface area (Å²) in [5, 5.41) is 8.34. The number of nitriles is 1. The summed E-state index contributed by atoms with van der Waals surface area (Å²) in [5.41, 5.74) is 0.699. The molecule has 0 N–H and O–H groups in total. The molecule has 1 aromatic heterocycles. The third-order valence-electron chi connectivity index (χ3n) is 1.06. The smallest absolute Gasteiger partial charge is 0.418 e. The van der Waals surface area contributed by atoms with Gasteiger partial charge in [-0.25, -0.2) is 0 Å². The molecule has 0 bridgehead atoms. The van der Waals surface area contributed by atoms with E-state index in [1.165, 1.54) is 0 Å². The summed E-state index contributed by atoms with van der Waals surface area (Å²) >= 11 is 0. The third-order valence-corrected chi connectivity index (χ3v) is 1.06. The van der Waals surface area contributed by atoms with Gasteiger partial charge in [0.05, 0.1) is 0 Å². The van der Waals surface area contributed by atoms with Crippen LogP contribution in [0.5, 0.6) is 0 Å². The average molecular weight is 406 g/mol. The van der Waals surface area contributed by atoms with Crippen LogP contribution in [0.2, 0.25) is 0 Å². The van der Waals surface area contributed by atoms with Crippen molar-refractivity contribution >= 4 is 21.8 Å². The summed E-state index contributed by atoms with van der Waals surface area (Å²) in [5.74, 6) is 0. The molecule has 18 heteroatoms. The van der Waals surface area contributed by atoms with Gasteiger partial charge < -0.3 is 56.4 Å². The van der Waals surface area contributed by atoms with E-state index in [2.05, 4.69) is 0 Å². The van der Waals surface area contributed by atoms with E-state index < -0.39 is 21.8 Å². The molecule has 0 saturated carbocycles. The minimum Gasteiger partial charge on any atom is -0.418 e. The Labute approximate surface area is 170 Å². The van der Waals surface area contributed by atoms with Gasteiger partial charge in [0.1, 0.15) is 11.8 Å². The van der Waals surface area contributed by atoms with Crippen molar-refractivity contribution in [2.24, 2.45) is 7.05 Å². The molecule has 0 aliphatic heterocycles. The molecule has 0 unspecified atom stereocenters. The van der Waals surface area contributed by atoms with Crippen molar-refractivity contribution in [3.63, 3.8) is 0 Å². The summed E-state index contributed by atoms with van der Waals surface area (Å²) in [4.78, 5) is 0. The molecular formula is C6H6B3F12KN2-2. The van der Waals surface area contributed by atoms with Gasteiger partial charge in [-0.1, -0.05) is 0 Å². The van der Waals surface area contributed by atoms with Gasteiger partial charge in [-0.3, -0.25) is 0 Å². The minimum atomic E-state index is -6.00. The van der Waals surface area contributed by atoms with Crippen LogP contribution in [-0.4, -0.2) is 26.3 Å². The Hall–Kier alpha value is -0.239. The molecule has 0 radical (unpaired) electrons. The Morgan fingerprint density at radius 1 is 0.792 bits per heavy atom. The monoisotopic (exact) mass is 406 g/mol. The Morgan fingerprint density at radius 2 is 1.04 bits per heavy atom. The first-order valence-electron chi connectivity index (χ1n) is 4.98. The summed E-state index contributed by atoms with van der Waals surface area (Å²) in [6.45, 7) is 0. The van der Waals surface area contributed by atoms with Crippen LogP contribution in [0.25, 0.3) is 0 Å². The van der Waals surface area contributed by atoms with Gasteiger partial charge in [-0.15, -0.1) is 0 Å². The van der Waals surface area contributed by atoms with E-state index in [0.717, 1.165) is 0 Å². The quantitative estimate of drug-likeness (QED) is 0.478. The number of aryl methyl sites for hydroxylation is 1. The van der Waals surface area contributed by atoms with Gasteiger partial charge in [0.15, 0.2) is 0 Å². The molecule has 136 valence electrons. The molecule has 1 heterocycles. The van der Waals surface area contributed by atoms with Crippen molar-refractivity contribution in [1.29, 1.82) is 5.26 Å². The Balaban J connectivity index is -0.000000113. The van der Waals surface area contributed by atoms with Crippen molar-refractivity contribution < 1.29 is 103 Å². The van der Waals surface area contributed by atoms with E-state index in [9.17, 15) is 51.8 Å². The largest absolute Gasteiger partial charge is 1.00 e. The maximum Gasteiger partial charge on any atom is 1.00 e. The summed E-state index contributed by atoms with van der Waals surface area (Å²) in [7, 11) is -16.2. The van der Waals surface area contributed by atoms with Gasteiger partial charge in [0.25, 0.3) is 0 Å². The predicted molar refractivity (Wildman–Crippen MR) is 60.7 cm³/mol. The van der Waals surface area contributed by atoms with Crippen molar-refractivity contribution in [3.05, 3.63) is 24.0 Å². The zero-order valence-corrected chi connectivity index (χ0v) is 15.0. The van der Waals surface area contributed by atoms with Crippen molar-refractivity contribution in [1.82, 2.24) is 4.57 Å². The number of hydrogen-bond acceptors (Lipinski definition) is 1. The van der Waals surface area contributed by atoms with E-state index >= 15 is 0 Å². The zero-order valence-electron chi connectivity index (χ0n) is 11.9. The van der Waals surface area contributed by atoms with Crippen LogP contribution in [0.1, 0.15) is 5.69 Å². The van der Waals surface area contributed by atoms with E-state index in [1.807, 2.05) is 25.4 Å². The van der Waals surface area contributed by atoms with Crippen molar-refractivity contribution in [3.8, 4) is 6.07 Å². The molecule has 0 amide bonds. The standard InChI is InChI=1S/C6H6N2.3BF4.K/c1-8-4-2-3-6(8)5-7;3*2-1(3,4)5;/h2-4H,1H3;;;;/q;3*-1;+1. The van der Waals surface area contributed by atoms with Crippen molar-refractivity contribution in [2.75, 3.05) is 0 Å². The minimum absolute atomic E-state index is 0. The summed E-state index contributed by atoms with van der Waals surface area (Å²) in [6, 6.07) is 5.66. The number of rotatable bonds is 0. The third kappa shape index (κ3) is 67.8. The first-order chi connectivity index (χ1) is 9.84. The van der Waals surface area contributed by atoms with Crippen LogP contribution >= 0.6 is 0 Å². The van der Waals surface area contributed by atoms with Crippen LogP contribution < -0.4 is 51.4 Å². The Morgan fingerprint density at radius 3 is 1.12 bits per heavy atom. The molecule has 1 rings (SSSR count). The molecule has 0 saturated heterocycles. The van der Waals surface area contributed by atoms with Crippen molar-refractivity contribution in [2.45, 2.75) is 0 Å². The first kappa shape index (κ1) is 31.5. The molecule has 2 nitrogen and oxygen atoms in total. The number of halogens is 12. The maximum absolute atomic E-state index is 9.75. The van der Waals surface area contributed by atoms with Crippen LogP contribution in [0, 0.1) is 11.3 Å². The fourth-order valence-electron chi connectivity index (χ4n) is 0.577. The van der Waals surface area contributed by atoms with Gasteiger partial charge in [0, 0.05) is 13.2 Å². The average Bonchev–Trinajstić information content (AvgIpc) is 2.55. The van der Waals surface area contributed by atoms with E-state index in [0.29, 0.717) is 5.69 Å². The Bertz CT molecular complexity index is 415. The molecule has 1 aromatic rings. The maximum atomic E-state index is 9.75. The fourth-order valence-corrected chi connectivity index (χ4v) is 0.577. The van der Waals surface area contributed by atoms with Gasteiger partial charge in [0.2, 0.25) is 0 Å². The molecule has 0 aliphatic carbocycles. The molecular weight excluding hydrogens is 400 g/mol. The van der Waals surface area contributed by atoms with Gasteiger partial charge >= 0.3 is 73.1 Å².